The van der Waals surface area contributed by atoms with E-state index in [9.17, 15) is 8.42 Å². The topological polar surface area (TPSA) is 52.7 Å². The van der Waals surface area contributed by atoms with Crippen molar-refractivity contribution in [1.29, 1.82) is 0 Å². The first-order valence-corrected chi connectivity index (χ1v) is 9.15. The molecular weight excluding hydrogens is 274 g/mol. The standard InChI is InChI=1S/C14H27N3O2S/c1-2-8-15-13-14-6-11-17(12-7-14)20(18,19)16-9-4-3-5-10-16/h3-4,14-15H,2,5-13H2,1H3. The predicted octanol–water partition coefficient (Wildman–Crippen LogP) is 1.20. The van der Waals surface area contributed by atoms with Gasteiger partial charge in [0, 0.05) is 26.2 Å². The second kappa shape index (κ2) is 7.54. The SMILES string of the molecule is CCCNCC1CCN(S(=O)(=O)N2CC=CCC2)CC1. The van der Waals surface area contributed by atoms with Gasteiger partial charge in [-0.3, -0.25) is 0 Å². The van der Waals surface area contributed by atoms with Crippen molar-refractivity contribution in [2.24, 2.45) is 5.92 Å². The Morgan fingerprint density at radius 3 is 2.50 bits per heavy atom. The average molecular weight is 301 g/mol. The molecule has 1 saturated heterocycles. The lowest BCUT2D eigenvalue weighted by Gasteiger charge is -2.35. The molecule has 0 bridgehead atoms. The van der Waals surface area contributed by atoms with Gasteiger partial charge in [0.25, 0.3) is 10.2 Å². The van der Waals surface area contributed by atoms with E-state index in [1.54, 1.807) is 8.61 Å². The zero-order chi connectivity index (χ0) is 14.4. The van der Waals surface area contributed by atoms with E-state index in [1.165, 1.54) is 0 Å². The monoisotopic (exact) mass is 301 g/mol. The minimum atomic E-state index is -3.24. The molecule has 1 N–H and O–H groups in total. The van der Waals surface area contributed by atoms with Gasteiger partial charge in [-0.2, -0.15) is 17.0 Å². The summed E-state index contributed by atoms with van der Waals surface area (Å²) in [6.07, 6.45) is 7.92. The second-order valence-corrected chi connectivity index (χ2v) is 7.60. The summed E-state index contributed by atoms with van der Waals surface area (Å²) in [5.41, 5.74) is 0. The van der Waals surface area contributed by atoms with Crippen LogP contribution in [0.5, 0.6) is 0 Å². The Morgan fingerprint density at radius 2 is 1.90 bits per heavy atom. The van der Waals surface area contributed by atoms with Crippen molar-refractivity contribution < 1.29 is 8.42 Å². The zero-order valence-corrected chi connectivity index (χ0v) is 13.2. The molecular formula is C14H27N3O2S. The van der Waals surface area contributed by atoms with Gasteiger partial charge in [0.1, 0.15) is 0 Å². The van der Waals surface area contributed by atoms with Gasteiger partial charge in [0.2, 0.25) is 0 Å². The fourth-order valence-electron chi connectivity index (χ4n) is 2.82. The molecule has 0 aromatic heterocycles. The molecule has 2 aliphatic heterocycles. The molecule has 0 spiro atoms. The molecule has 20 heavy (non-hydrogen) atoms. The van der Waals surface area contributed by atoms with Crippen molar-refractivity contribution in [3.63, 3.8) is 0 Å². The Hall–Kier alpha value is -0.430. The molecule has 0 amide bonds. The van der Waals surface area contributed by atoms with E-state index in [0.717, 1.165) is 38.8 Å². The van der Waals surface area contributed by atoms with Crippen LogP contribution in [0.25, 0.3) is 0 Å². The summed E-state index contributed by atoms with van der Waals surface area (Å²) in [4.78, 5) is 0. The average Bonchev–Trinajstić information content (AvgIpc) is 2.49. The van der Waals surface area contributed by atoms with Crippen molar-refractivity contribution >= 4 is 10.2 Å². The van der Waals surface area contributed by atoms with E-state index < -0.39 is 10.2 Å². The molecule has 0 aliphatic carbocycles. The summed E-state index contributed by atoms with van der Waals surface area (Å²) in [7, 11) is -3.24. The summed E-state index contributed by atoms with van der Waals surface area (Å²) in [5.74, 6) is 0.620. The lowest BCUT2D eigenvalue weighted by molar-refractivity contribution is 0.251. The van der Waals surface area contributed by atoms with Crippen LogP contribution in [0.1, 0.15) is 32.6 Å². The molecule has 116 valence electrons. The van der Waals surface area contributed by atoms with E-state index in [4.69, 9.17) is 0 Å². The first-order chi connectivity index (χ1) is 9.64. The van der Waals surface area contributed by atoms with Crippen LogP contribution in [0.2, 0.25) is 0 Å². The van der Waals surface area contributed by atoms with Crippen LogP contribution in [0.3, 0.4) is 0 Å². The number of hydrogen-bond acceptors (Lipinski definition) is 3. The van der Waals surface area contributed by atoms with Gasteiger partial charge < -0.3 is 5.32 Å². The Balaban J connectivity index is 1.82. The molecule has 1 fully saturated rings. The van der Waals surface area contributed by atoms with Gasteiger partial charge >= 0.3 is 0 Å². The molecule has 0 saturated carbocycles. The normalized spacial score (nSPS) is 23.2. The first kappa shape index (κ1) is 15.9. The van der Waals surface area contributed by atoms with Crippen molar-refractivity contribution in [3.05, 3.63) is 12.2 Å². The zero-order valence-electron chi connectivity index (χ0n) is 12.4. The van der Waals surface area contributed by atoms with Crippen molar-refractivity contribution in [2.45, 2.75) is 32.6 Å². The van der Waals surface area contributed by atoms with Crippen molar-refractivity contribution in [2.75, 3.05) is 39.3 Å². The lowest BCUT2D eigenvalue weighted by Crippen LogP contribution is -2.48. The van der Waals surface area contributed by atoms with E-state index in [0.29, 0.717) is 32.1 Å². The maximum atomic E-state index is 12.5. The molecule has 0 aromatic rings. The fraction of sp³-hybridized carbons (Fsp3) is 0.857. The van der Waals surface area contributed by atoms with Gasteiger partial charge in [-0.25, -0.2) is 0 Å². The number of nitrogens with one attached hydrogen (secondary N) is 1. The molecule has 5 nitrogen and oxygen atoms in total. The Kier molecular flexibility index (Phi) is 6.01. The number of nitrogens with zero attached hydrogens (tertiary/aromatic N) is 2. The highest BCUT2D eigenvalue weighted by molar-refractivity contribution is 7.86. The highest BCUT2D eigenvalue weighted by atomic mass is 32.2. The third-order valence-corrected chi connectivity index (χ3v) is 6.11. The van der Waals surface area contributed by atoms with E-state index in [-0.39, 0.29) is 0 Å². The summed E-state index contributed by atoms with van der Waals surface area (Å²) in [6.45, 7) is 6.72. The molecule has 0 radical (unpaired) electrons. The second-order valence-electron chi connectivity index (χ2n) is 5.67. The van der Waals surface area contributed by atoms with E-state index >= 15 is 0 Å². The van der Waals surface area contributed by atoms with Crippen LogP contribution in [0.15, 0.2) is 12.2 Å². The molecule has 0 unspecified atom stereocenters. The van der Waals surface area contributed by atoms with Crippen molar-refractivity contribution in [1.82, 2.24) is 13.9 Å². The molecule has 2 heterocycles. The largest absolute Gasteiger partial charge is 0.316 e. The van der Waals surface area contributed by atoms with E-state index in [1.807, 2.05) is 6.08 Å². The number of piperidine rings is 1. The van der Waals surface area contributed by atoms with Gasteiger partial charge in [-0.1, -0.05) is 19.1 Å². The van der Waals surface area contributed by atoms with Crippen LogP contribution in [0.4, 0.5) is 0 Å². The molecule has 0 atom stereocenters. The first-order valence-electron chi connectivity index (χ1n) is 7.75. The van der Waals surface area contributed by atoms with Crippen LogP contribution in [0, 0.1) is 5.92 Å². The number of hydrogen-bond donors (Lipinski definition) is 1. The summed E-state index contributed by atoms with van der Waals surface area (Å²) in [6, 6.07) is 0. The molecule has 2 aliphatic rings. The smallest absolute Gasteiger partial charge is 0.282 e. The van der Waals surface area contributed by atoms with Gasteiger partial charge in [0.15, 0.2) is 0 Å². The summed E-state index contributed by atoms with van der Waals surface area (Å²) < 4.78 is 28.3. The highest BCUT2D eigenvalue weighted by Gasteiger charge is 2.32. The molecule has 6 heteroatoms. The highest BCUT2D eigenvalue weighted by Crippen LogP contribution is 2.21. The molecule has 0 aromatic carbocycles. The van der Waals surface area contributed by atoms with Gasteiger partial charge in [-0.15, -0.1) is 0 Å². The fourth-order valence-corrected chi connectivity index (χ4v) is 4.43. The Bertz CT molecular complexity index is 414. The lowest BCUT2D eigenvalue weighted by atomic mass is 9.98. The van der Waals surface area contributed by atoms with E-state index in [2.05, 4.69) is 18.3 Å². The Labute approximate surface area is 123 Å². The maximum Gasteiger partial charge on any atom is 0.282 e. The summed E-state index contributed by atoms with van der Waals surface area (Å²) in [5, 5.41) is 3.43. The van der Waals surface area contributed by atoms with Crippen LogP contribution in [-0.2, 0) is 10.2 Å². The number of rotatable bonds is 6. The quantitative estimate of drug-likeness (QED) is 0.592. The van der Waals surface area contributed by atoms with Crippen LogP contribution >= 0.6 is 0 Å². The Morgan fingerprint density at radius 1 is 1.15 bits per heavy atom. The predicted molar refractivity (Wildman–Crippen MR) is 81.7 cm³/mol. The summed E-state index contributed by atoms with van der Waals surface area (Å²) >= 11 is 0. The van der Waals surface area contributed by atoms with Gasteiger partial charge in [0.05, 0.1) is 0 Å². The van der Waals surface area contributed by atoms with Crippen LogP contribution in [-0.4, -0.2) is 56.3 Å². The minimum absolute atomic E-state index is 0.528. The third kappa shape index (κ3) is 4.04. The third-order valence-electron chi connectivity index (χ3n) is 4.11. The van der Waals surface area contributed by atoms with Crippen LogP contribution < -0.4 is 5.32 Å². The molecule has 2 rings (SSSR count). The minimum Gasteiger partial charge on any atom is -0.316 e. The van der Waals surface area contributed by atoms with Crippen molar-refractivity contribution in [3.8, 4) is 0 Å². The van der Waals surface area contributed by atoms with Gasteiger partial charge in [-0.05, 0) is 44.7 Å². The maximum absolute atomic E-state index is 12.5.